The molecule has 0 aromatic carbocycles. The van der Waals surface area contributed by atoms with Crippen LogP contribution >= 0.6 is 0 Å². The monoisotopic (exact) mass is 156 g/mol. The van der Waals surface area contributed by atoms with Crippen LogP contribution in [-0.4, -0.2) is 15.2 Å². The van der Waals surface area contributed by atoms with Crippen molar-refractivity contribution < 1.29 is 0 Å². The molecule has 0 bridgehead atoms. The lowest BCUT2D eigenvalue weighted by atomic mass is 10.1. The highest BCUT2D eigenvalue weighted by atomic mass is 15.1. The number of aromatic nitrogens is 3. The molecule has 0 aliphatic carbocycles. The molecular weight excluding hydrogens is 150 g/mol. The Bertz CT molecular complexity index is 307. The van der Waals surface area contributed by atoms with Crippen LogP contribution in [-0.2, 0) is 0 Å². The first-order valence-electron chi connectivity index (χ1n) is 3.56. The zero-order valence-corrected chi connectivity index (χ0v) is 6.31. The van der Waals surface area contributed by atoms with Crippen molar-refractivity contribution in [3.8, 4) is 11.1 Å². The predicted molar refractivity (Wildman–Crippen MR) is 44.1 cm³/mol. The van der Waals surface area contributed by atoms with E-state index in [0.29, 0.717) is 0 Å². The molecule has 2 rings (SSSR count). The Labute approximate surface area is 70.1 Å². The topological polar surface area (TPSA) is 38.7 Å². The van der Waals surface area contributed by atoms with Crippen LogP contribution in [0.4, 0.5) is 0 Å². The first kappa shape index (κ1) is 6.91. The number of pyridine rings is 1. The Morgan fingerprint density at radius 1 is 1.00 bits per heavy atom. The molecule has 0 saturated carbocycles. The third-order valence-corrected chi connectivity index (χ3v) is 1.53. The lowest BCUT2D eigenvalue weighted by molar-refractivity contribution is 1.02. The second kappa shape index (κ2) is 3.09. The van der Waals surface area contributed by atoms with E-state index in [1.807, 2.05) is 18.2 Å². The molecule has 0 saturated heterocycles. The lowest BCUT2D eigenvalue weighted by Crippen LogP contribution is -1.82. The summed E-state index contributed by atoms with van der Waals surface area (Å²) in [5, 5.41) is 7.32. The van der Waals surface area contributed by atoms with Crippen molar-refractivity contribution in [1.82, 2.24) is 15.2 Å². The fourth-order valence-electron chi connectivity index (χ4n) is 0.953. The van der Waals surface area contributed by atoms with Crippen LogP contribution in [0.1, 0.15) is 0 Å². The molecule has 0 spiro atoms. The number of hydrogen-bond acceptors (Lipinski definition) is 3. The summed E-state index contributed by atoms with van der Waals surface area (Å²) in [6, 6.07) is 5.68. The third kappa shape index (κ3) is 1.29. The molecule has 12 heavy (non-hydrogen) atoms. The predicted octanol–water partition coefficient (Wildman–Crippen LogP) is 1.34. The molecular formula is C9H6N3. The number of nitrogens with zero attached hydrogens (tertiary/aromatic N) is 3. The first-order valence-corrected chi connectivity index (χ1v) is 3.56. The van der Waals surface area contributed by atoms with Crippen LogP contribution in [0.15, 0.2) is 36.8 Å². The van der Waals surface area contributed by atoms with Gasteiger partial charge in [0.25, 0.3) is 0 Å². The van der Waals surface area contributed by atoms with Gasteiger partial charge in [-0.15, -0.1) is 5.10 Å². The van der Waals surface area contributed by atoms with Crippen molar-refractivity contribution in [3.63, 3.8) is 0 Å². The van der Waals surface area contributed by atoms with Crippen molar-refractivity contribution in [2.75, 3.05) is 0 Å². The maximum atomic E-state index is 3.92. The molecule has 1 radical (unpaired) electrons. The Morgan fingerprint density at radius 3 is 2.50 bits per heavy atom. The maximum Gasteiger partial charge on any atom is 0.122 e. The van der Waals surface area contributed by atoms with Crippen LogP contribution in [0.25, 0.3) is 11.1 Å². The number of rotatable bonds is 1. The summed E-state index contributed by atoms with van der Waals surface area (Å²) >= 11 is 0. The lowest BCUT2D eigenvalue weighted by Gasteiger charge is -1.96. The van der Waals surface area contributed by atoms with Crippen LogP contribution in [0.5, 0.6) is 0 Å². The van der Waals surface area contributed by atoms with E-state index in [1.54, 1.807) is 18.6 Å². The Kier molecular flexibility index (Phi) is 1.78. The van der Waals surface area contributed by atoms with Gasteiger partial charge in [0.15, 0.2) is 0 Å². The van der Waals surface area contributed by atoms with E-state index in [0.717, 1.165) is 11.1 Å². The van der Waals surface area contributed by atoms with Gasteiger partial charge in [-0.05, 0) is 23.8 Å². The van der Waals surface area contributed by atoms with E-state index in [2.05, 4.69) is 21.4 Å². The summed E-state index contributed by atoms with van der Waals surface area (Å²) in [4.78, 5) is 3.92. The Balaban J connectivity index is 2.46. The highest BCUT2D eigenvalue weighted by Gasteiger charge is 1.94. The molecule has 0 aliphatic heterocycles. The van der Waals surface area contributed by atoms with E-state index in [9.17, 15) is 0 Å². The van der Waals surface area contributed by atoms with Crippen molar-refractivity contribution in [2.45, 2.75) is 0 Å². The maximum absolute atomic E-state index is 3.92. The highest BCUT2D eigenvalue weighted by molar-refractivity contribution is 5.60. The van der Waals surface area contributed by atoms with Gasteiger partial charge in [-0.2, -0.15) is 5.10 Å². The average molecular weight is 156 g/mol. The van der Waals surface area contributed by atoms with E-state index >= 15 is 0 Å². The van der Waals surface area contributed by atoms with Gasteiger partial charge in [0.1, 0.15) is 6.20 Å². The normalized spacial score (nSPS) is 9.67. The van der Waals surface area contributed by atoms with Crippen LogP contribution < -0.4 is 0 Å². The van der Waals surface area contributed by atoms with E-state index < -0.39 is 0 Å². The van der Waals surface area contributed by atoms with Gasteiger partial charge in [0.05, 0.1) is 6.20 Å². The average Bonchev–Trinajstić information content (AvgIpc) is 2.21. The SMILES string of the molecule is [c]1nnccc1-c1ccncc1. The minimum atomic E-state index is 0.937. The zero-order valence-electron chi connectivity index (χ0n) is 6.31. The second-order valence-electron chi connectivity index (χ2n) is 2.29. The molecule has 0 aliphatic rings. The summed E-state index contributed by atoms with van der Waals surface area (Å²) in [7, 11) is 0. The molecule has 0 atom stereocenters. The van der Waals surface area contributed by atoms with Gasteiger partial charge in [0, 0.05) is 18.0 Å². The first-order chi connectivity index (χ1) is 5.97. The van der Waals surface area contributed by atoms with E-state index in [1.165, 1.54) is 0 Å². The van der Waals surface area contributed by atoms with E-state index in [4.69, 9.17) is 0 Å². The van der Waals surface area contributed by atoms with Crippen LogP contribution in [0, 0.1) is 6.20 Å². The molecule has 0 fully saturated rings. The molecule has 0 unspecified atom stereocenters. The van der Waals surface area contributed by atoms with Gasteiger partial charge in [0.2, 0.25) is 0 Å². The second-order valence-corrected chi connectivity index (χ2v) is 2.29. The van der Waals surface area contributed by atoms with Gasteiger partial charge >= 0.3 is 0 Å². The van der Waals surface area contributed by atoms with Gasteiger partial charge in [-0.25, -0.2) is 0 Å². The summed E-state index contributed by atoms with van der Waals surface area (Å²) in [6.45, 7) is 0. The third-order valence-electron chi connectivity index (χ3n) is 1.53. The molecule has 2 heterocycles. The molecule has 3 nitrogen and oxygen atoms in total. The van der Waals surface area contributed by atoms with Crippen molar-refractivity contribution in [1.29, 1.82) is 0 Å². The fraction of sp³-hybridized carbons (Fsp3) is 0. The summed E-state index contributed by atoms with van der Waals surface area (Å²) in [6.07, 6.45) is 7.92. The molecule has 2 aromatic rings. The minimum Gasteiger partial charge on any atom is -0.265 e. The summed E-state index contributed by atoms with van der Waals surface area (Å²) in [5.74, 6) is 0. The van der Waals surface area contributed by atoms with Gasteiger partial charge in [-0.3, -0.25) is 4.98 Å². The molecule has 57 valence electrons. The van der Waals surface area contributed by atoms with E-state index in [-0.39, 0.29) is 0 Å². The zero-order chi connectivity index (χ0) is 8.23. The van der Waals surface area contributed by atoms with Gasteiger partial charge < -0.3 is 0 Å². The molecule has 0 N–H and O–H groups in total. The summed E-state index contributed by atoms with van der Waals surface area (Å²) in [5.41, 5.74) is 1.99. The molecule has 0 amide bonds. The molecule has 3 heteroatoms. The standard InChI is InChI=1S/C9H6N3/c1-4-10-5-2-8(1)9-3-6-11-12-7-9/h1-6H. The minimum absolute atomic E-state index is 0.937. The van der Waals surface area contributed by atoms with Crippen molar-refractivity contribution in [2.24, 2.45) is 0 Å². The Morgan fingerprint density at radius 2 is 1.83 bits per heavy atom. The largest absolute Gasteiger partial charge is 0.265 e. The highest BCUT2D eigenvalue weighted by Crippen LogP contribution is 2.14. The fourth-order valence-corrected chi connectivity index (χ4v) is 0.953. The van der Waals surface area contributed by atoms with Crippen LogP contribution in [0.2, 0.25) is 0 Å². The molecule has 2 aromatic heterocycles. The van der Waals surface area contributed by atoms with Gasteiger partial charge in [-0.1, -0.05) is 0 Å². The quantitative estimate of drug-likeness (QED) is 0.625. The van der Waals surface area contributed by atoms with Crippen LogP contribution in [0.3, 0.4) is 0 Å². The number of hydrogen-bond donors (Lipinski definition) is 0. The Hall–Kier alpha value is -1.77. The summed E-state index contributed by atoms with van der Waals surface area (Å²) < 4.78 is 0. The van der Waals surface area contributed by atoms with Crippen molar-refractivity contribution >= 4 is 0 Å². The van der Waals surface area contributed by atoms with Crippen molar-refractivity contribution in [3.05, 3.63) is 43.0 Å². The smallest absolute Gasteiger partial charge is 0.122 e.